The molecule has 0 aliphatic heterocycles. The third-order valence-electron chi connectivity index (χ3n) is 1.70. The van der Waals surface area contributed by atoms with E-state index in [0.717, 1.165) is 12.0 Å². The molecule has 0 bridgehead atoms. The van der Waals surface area contributed by atoms with Crippen molar-refractivity contribution in [3.8, 4) is 0 Å². The highest BCUT2D eigenvalue weighted by Gasteiger charge is 2.04. The van der Waals surface area contributed by atoms with Crippen LogP contribution in [0, 0.1) is 0 Å². The molecule has 0 heterocycles. The molecule has 4 heteroatoms. The second-order valence-corrected chi connectivity index (χ2v) is 6.29. The molecular weight excluding hydrogens is 216 g/mol. The summed E-state index contributed by atoms with van der Waals surface area (Å²) in [6.45, 7) is 2.28. The first kappa shape index (κ1) is 11.6. The average Bonchev–Trinajstić information content (AvgIpc) is 2.17. The first-order chi connectivity index (χ1) is 6.64. The Morgan fingerprint density at radius 3 is 2.57 bits per heavy atom. The summed E-state index contributed by atoms with van der Waals surface area (Å²) in [4.78, 5) is 0. The fourth-order valence-corrected chi connectivity index (χ4v) is 2.62. The van der Waals surface area contributed by atoms with Gasteiger partial charge in [-0.05, 0) is 12.0 Å². The van der Waals surface area contributed by atoms with Crippen LogP contribution in [0.4, 0.5) is 0 Å². The predicted octanol–water partition coefficient (Wildman–Crippen LogP) is 2.27. The van der Waals surface area contributed by atoms with Gasteiger partial charge in [-0.3, -0.25) is 4.18 Å². The number of rotatable bonds is 5. The van der Waals surface area contributed by atoms with E-state index in [1.54, 1.807) is 0 Å². The molecule has 0 amide bonds. The second-order valence-electron chi connectivity index (χ2n) is 3.01. The molecule has 78 valence electrons. The van der Waals surface area contributed by atoms with Crippen molar-refractivity contribution in [3.63, 3.8) is 0 Å². The molecule has 0 aromatic heterocycles. The van der Waals surface area contributed by atoms with Gasteiger partial charge >= 0.3 is 0 Å². The van der Waals surface area contributed by atoms with Gasteiger partial charge in [-0.25, -0.2) is 4.21 Å². The first-order valence-electron chi connectivity index (χ1n) is 4.55. The topological polar surface area (TPSA) is 26.3 Å². The minimum atomic E-state index is -2.50. The molecular formula is C10H14O2S2. The Morgan fingerprint density at radius 1 is 1.36 bits per heavy atom. The van der Waals surface area contributed by atoms with Crippen LogP contribution >= 0.6 is 0 Å². The lowest BCUT2D eigenvalue weighted by atomic mass is 10.2. The van der Waals surface area contributed by atoms with Gasteiger partial charge in [-0.15, -0.1) is 0 Å². The van der Waals surface area contributed by atoms with Gasteiger partial charge in [0.2, 0.25) is 0 Å². The van der Waals surface area contributed by atoms with Crippen LogP contribution in [0.5, 0.6) is 0 Å². The summed E-state index contributed by atoms with van der Waals surface area (Å²) in [6.07, 6.45) is 0.789. The molecule has 1 aromatic rings. The molecule has 0 spiro atoms. The Bertz CT molecular complexity index is 357. The fraction of sp³-hybridized carbons (Fsp3) is 0.400. The van der Waals surface area contributed by atoms with Gasteiger partial charge in [-0.2, -0.15) is 0 Å². The van der Waals surface area contributed by atoms with Gasteiger partial charge in [-0.1, -0.05) is 37.3 Å². The van der Waals surface area contributed by atoms with Crippen molar-refractivity contribution in [2.45, 2.75) is 20.0 Å². The Balaban J connectivity index is 2.49. The highest BCUT2D eigenvalue weighted by Crippen LogP contribution is 2.05. The fourth-order valence-electron chi connectivity index (χ4n) is 1.04. The van der Waals surface area contributed by atoms with Gasteiger partial charge in [0, 0.05) is 16.9 Å². The molecule has 1 rings (SSSR count). The number of benzene rings is 1. The van der Waals surface area contributed by atoms with E-state index in [-0.39, 0.29) is 0 Å². The van der Waals surface area contributed by atoms with Crippen LogP contribution in [-0.2, 0) is 30.8 Å². The number of hydrogen-bond donors (Lipinski definition) is 0. The Labute approximate surface area is 90.2 Å². The predicted molar refractivity (Wildman–Crippen MR) is 61.9 cm³/mol. The zero-order chi connectivity index (χ0) is 10.4. The summed E-state index contributed by atoms with van der Waals surface area (Å²) in [5.41, 5.74) is 1.00. The monoisotopic (exact) mass is 230 g/mol. The summed E-state index contributed by atoms with van der Waals surface area (Å²) >= 11 is 4.85. The normalized spacial score (nSPS) is 14.9. The summed E-state index contributed by atoms with van der Waals surface area (Å²) in [6, 6.07) is 9.63. The van der Waals surface area contributed by atoms with E-state index in [4.69, 9.17) is 15.4 Å². The second kappa shape index (κ2) is 5.44. The van der Waals surface area contributed by atoms with E-state index >= 15 is 0 Å². The van der Waals surface area contributed by atoms with Crippen LogP contribution in [0.1, 0.15) is 18.9 Å². The van der Waals surface area contributed by atoms with Crippen molar-refractivity contribution < 1.29 is 8.39 Å². The van der Waals surface area contributed by atoms with E-state index in [9.17, 15) is 4.21 Å². The maximum absolute atomic E-state index is 11.6. The standard InChI is InChI=1S/C10H14O2S2/c1-2-8-14(11,13)12-9-10-6-4-3-5-7-10/h3-7H,2,8-9H2,1H3. The molecule has 1 aromatic carbocycles. The quantitative estimate of drug-likeness (QED) is 0.776. The lowest BCUT2D eigenvalue weighted by molar-refractivity contribution is 0.335. The maximum atomic E-state index is 11.6. The zero-order valence-electron chi connectivity index (χ0n) is 8.14. The average molecular weight is 230 g/mol. The summed E-state index contributed by atoms with van der Waals surface area (Å²) in [5, 5.41) is 0. The Kier molecular flexibility index (Phi) is 4.51. The van der Waals surface area contributed by atoms with E-state index in [2.05, 4.69) is 0 Å². The molecule has 1 atom stereocenters. The molecule has 0 radical (unpaired) electrons. The van der Waals surface area contributed by atoms with Crippen molar-refractivity contribution in [1.29, 1.82) is 0 Å². The van der Waals surface area contributed by atoms with Crippen molar-refractivity contribution >= 4 is 20.0 Å². The molecule has 0 fully saturated rings. The molecule has 0 aliphatic rings. The minimum absolute atomic E-state index is 0.336. The first-order valence-corrected chi connectivity index (χ1v) is 7.13. The van der Waals surface area contributed by atoms with Gasteiger partial charge in [0.25, 0.3) is 0 Å². The highest BCUT2D eigenvalue weighted by molar-refractivity contribution is 8.30. The SMILES string of the molecule is CCCS(=O)(=S)OCc1ccccc1. The van der Waals surface area contributed by atoms with Crippen molar-refractivity contribution in [2.75, 3.05) is 5.75 Å². The van der Waals surface area contributed by atoms with Gasteiger partial charge in [0.1, 0.15) is 8.77 Å². The van der Waals surface area contributed by atoms with E-state index in [1.165, 1.54) is 0 Å². The third-order valence-corrected chi connectivity index (χ3v) is 3.88. The van der Waals surface area contributed by atoms with Crippen LogP contribution in [0.25, 0.3) is 0 Å². The van der Waals surface area contributed by atoms with E-state index < -0.39 is 8.77 Å². The molecule has 0 N–H and O–H groups in total. The van der Waals surface area contributed by atoms with Crippen LogP contribution in [-0.4, -0.2) is 9.96 Å². The lowest BCUT2D eigenvalue weighted by Gasteiger charge is -2.06. The van der Waals surface area contributed by atoms with Gasteiger partial charge in [0.05, 0.1) is 6.61 Å². The van der Waals surface area contributed by atoms with Crippen LogP contribution in [0.2, 0.25) is 0 Å². The van der Waals surface area contributed by atoms with Crippen LogP contribution < -0.4 is 0 Å². The van der Waals surface area contributed by atoms with E-state index in [1.807, 2.05) is 37.3 Å². The molecule has 0 saturated carbocycles. The highest BCUT2D eigenvalue weighted by atomic mass is 32.8. The lowest BCUT2D eigenvalue weighted by Crippen LogP contribution is -2.08. The van der Waals surface area contributed by atoms with Crippen molar-refractivity contribution in [3.05, 3.63) is 35.9 Å². The summed E-state index contributed by atoms with van der Waals surface area (Å²) < 4.78 is 16.8. The third kappa shape index (κ3) is 4.17. The molecule has 0 saturated heterocycles. The van der Waals surface area contributed by atoms with Crippen LogP contribution in [0.3, 0.4) is 0 Å². The number of hydrogen-bond acceptors (Lipinski definition) is 3. The van der Waals surface area contributed by atoms with Crippen LogP contribution in [0.15, 0.2) is 30.3 Å². The Hall–Kier alpha value is -0.450. The molecule has 14 heavy (non-hydrogen) atoms. The minimum Gasteiger partial charge on any atom is -0.285 e. The summed E-state index contributed by atoms with van der Waals surface area (Å²) in [5.74, 6) is 0.454. The zero-order valence-corrected chi connectivity index (χ0v) is 9.77. The molecule has 2 nitrogen and oxygen atoms in total. The molecule has 1 unspecified atom stereocenters. The van der Waals surface area contributed by atoms with Crippen molar-refractivity contribution in [2.24, 2.45) is 0 Å². The van der Waals surface area contributed by atoms with Gasteiger partial charge in [0.15, 0.2) is 0 Å². The largest absolute Gasteiger partial charge is 0.285 e. The van der Waals surface area contributed by atoms with E-state index in [0.29, 0.717) is 12.4 Å². The Morgan fingerprint density at radius 2 is 2.00 bits per heavy atom. The van der Waals surface area contributed by atoms with Gasteiger partial charge < -0.3 is 0 Å². The maximum Gasteiger partial charge on any atom is 0.144 e. The van der Waals surface area contributed by atoms with Crippen molar-refractivity contribution in [1.82, 2.24) is 0 Å². The summed E-state index contributed by atoms with van der Waals surface area (Å²) in [7, 11) is -2.50. The molecule has 0 aliphatic carbocycles. The smallest absolute Gasteiger partial charge is 0.144 e.